The van der Waals surface area contributed by atoms with Crippen molar-refractivity contribution in [1.29, 1.82) is 0 Å². The number of aliphatic hydroxyl groups is 1. The molecule has 0 unspecified atom stereocenters. The fourth-order valence-electron chi connectivity index (χ4n) is 1.36. The molecule has 0 atom stereocenters. The van der Waals surface area contributed by atoms with Gasteiger partial charge in [0.15, 0.2) is 0 Å². The van der Waals surface area contributed by atoms with Crippen LogP contribution in [0.5, 0.6) is 0 Å². The highest BCUT2D eigenvalue weighted by atomic mass is 35.5. The van der Waals surface area contributed by atoms with E-state index >= 15 is 0 Å². The molecule has 1 amide bonds. The van der Waals surface area contributed by atoms with E-state index in [2.05, 4.69) is 5.32 Å². The highest BCUT2D eigenvalue weighted by Crippen LogP contribution is 2.18. The van der Waals surface area contributed by atoms with Crippen molar-refractivity contribution in [3.05, 3.63) is 34.9 Å². The van der Waals surface area contributed by atoms with Crippen LogP contribution in [0, 0.1) is 11.6 Å². The van der Waals surface area contributed by atoms with Gasteiger partial charge in [0.2, 0.25) is 0 Å². The molecule has 1 aromatic rings. The smallest absolute Gasteiger partial charge is 0.254 e. The Morgan fingerprint density at radius 1 is 1.41 bits per heavy atom. The van der Waals surface area contributed by atoms with Crippen LogP contribution < -0.4 is 5.32 Å². The summed E-state index contributed by atoms with van der Waals surface area (Å²) in [6.07, 6.45) is 0.0142. The first-order chi connectivity index (χ1) is 8.11. The molecule has 1 rings (SSSR count). The van der Waals surface area contributed by atoms with Gasteiger partial charge in [-0.2, -0.15) is 0 Å². The average molecular weight is 264 g/mol. The molecule has 0 saturated heterocycles. The number of amides is 1. The number of rotatable bonds is 5. The maximum absolute atomic E-state index is 13.8. The summed E-state index contributed by atoms with van der Waals surface area (Å²) >= 11 is 5.43. The van der Waals surface area contributed by atoms with Crippen LogP contribution in [0.3, 0.4) is 0 Å². The van der Waals surface area contributed by atoms with Crippen LogP contribution in [-0.2, 0) is 6.42 Å². The third-order valence-corrected chi connectivity index (χ3v) is 2.36. The first-order valence-corrected chi connectivity index (χ1v) is 5.57. The predicted molar refractivity (Wildman–Crippen MR) is 60.2 cm³/mol. The predicted octanol–water partition coefficient (Wildman–Crippen LogP) is 1.47. The van der Waals surface area contributed by atoms with Crippen LogP contribution in [0.2, 0.25) is 0 Å². The minimum absolute atomic E-state index is 0.0142. The Morgan fingerprint density at radius 2 is 2.12 bits per heavy atom. The van der Waals surface area contributed by atoms with Crippen molar-refractivity contribution >= 4 is 17.5 Å². The minimum atomic E-state index is -0.902. The Hall–Kier alpha value is -1.20. The van der Waals surface area contributed by atoms with Gasteiger partial charge in [0.25, 0.3) is 5.91 Å². The van der Waals surface area contributed by atoms with E-state index in [4.69, 9.17) is 16.7 Å². The van der Waals surface area contributed by atoms with E-state index in [0.717, 1.165) is 12.1 Å². The second kappa shape index (κ2) is 6.51. The summed E-state index contributed by atoms with van der Waals surface area (Å²) in [5.41, 5.74) is -0.448. The lowest BCUT2D eigenvalue weighted by Gasteiger charge is -2.08. The summed E-state index contributed by atoms with van der Waals surface area (Å²) in [6.45, 7) is -0.233. The third kappa shape index (κ3) is 3.38. The van der Waals surface area contributed by atoms with Crippen LogP contribution in [0.1, 0.15) is 15.9 Å². The topological polar surface area (TPSA) is 49.3 Å². The first kappa shape index (κ1) is 13.9. The Bertz CT molecular complexity index is 413. The third-order valence-electron chi connectivity index (χ3n) is 2.17. The number of halogens is 3. The molecular weight excluding hydrogens is 252 g/mol. The van der Waals surface area contributed by atoms with Gasteiger partial charge in [-0.05, 0) is 18.6 Å². The molecule has 94 valence electrons. The zero-order valence-corrected chi connectivity index (χ0v) is 9.73. The van der Waals surface area contributed by atoms with Crippen LogP contribution in [-0.4, -0.2) is 30.0 Å². The molecule has 0 bridgehead atoms. The molecule has 3 nitrogen and oxygen atoms in total. The van der Waals surface area contributed by atoms with Crippen LogP contribution in [0.15, 0.2) is 12.1 Å². The van der Waals surface area contributed by atoms with Gasteiger partial charge in [0.05, 0.1) is 12.2 Å². The number of carbonyl (C=O) groups excluding carboxylic acids is 1. The van der Waals surface area contributed by atoms with Gasteiger partial charge in [0.1, 0.15) is 11.6 Å². The van der Waals surface area contributed by atoms with E-state index in [0.29, 0.717) is 0 Å². The molecule has 0 saturated carbocycles. The zero-order valence-electron chi connectivity index (χ0n) is 8.97. The lowest BCUT2D eigenvalue weighted by molar-refractivity contribution is 0.0940. The van der Waals surface area contributed by atoms with E-state index in [1.165, 1.54) is 0 Å². The van der Waals surface area contributed by atoms with Gasteiger partial charge in [-0.3, -0.25) is 4.79 Å². The monoisotopic (exact) mass is 263 g/mol. The van der Waals surface area contributed by atoms with E-state index in [1.54, 1.807) is 0 Å². The quantitative estimate of drug-likeness (QED) is 0.791. The van der Waals surface area contributed by atoms with Crippen molar-refractivity contribution in [3.8, 4) is 0 Å². The molecule has 0 radical (unpaired) electrons. The number of hydrogen-bond acceptors (Lipinski definition) is 2. The second-order valence-electron chi connectivity index (χ2n) is 3.31. The maximum atomic E-state index is 13.8. The SMILES string of the molecule is O=C(NCCO)c1ccc(F)c(CCCl)c1F. The molecule has 0 heterocycles. The molecule has 0 fully saturated rings. The summed E-state index contributed by atoms with van der Waals surface area (Å²) in [6, 6.07) is 2.09. The number of nitrogens with one attached hydrogen (secondary N) is 1. The van der Waals surface area contributed by atoms with E-state index in [1.807, 2.05) is 0 Å². The average Bonchev–Trinajstić information content (AvgIpc) is 2.31. The Morgan fingerprint density at radius 3 is 2.71 bits per heavy atom. The molecule has 6 heteroatoms. The number of aliphatic hydroxyl groups excluding tert-OH is 1. The van der Waals surface area contributed by atoms with Crippen LogP contribution in [0.25, 0.3) is 0 Å². The number of benzene rings is 1. The lowest BCUT2D eigenvalue weighted by Crippen LogP contribution is -2.27. The fraction of sp³-hybridized carbons (Fsp3) is 0.364. The minimum Gasteiger partial charge on any atom is -0.395 e. The molecule has 0 aliphatic carbocycles. The van der Waals surface area contributed by atoms with Gasteiger partial charge in [-0.25, -0.2) is 8.78 Å². The maximum Gasteiger partial charge on any atom is 0.254 e. The zero-order chi connectivity index (χ0) is 12.8. The van der Waals surface area contributed by atoms with Crippen molar-refractivity contribution in [1.82, 2.24) is 5.32 Å². The molecule has 0 aromatic heterocycles. The van der Waals surface area contributed by atoms with Crippen molar-refractivity contribution in [2.24, 2.45) is 0 Å². The summed E-state index contributed by atoms with van der Waals surface area (Å²) in [4.78, 5) is 11.5. The van der Waals surface area contributed by atoms with Crippen LogP contribution >= 0.6 is 11.6 Å². The lowest BCUT2D eigenvalue weighted by atomic mass is 10.1. The van der Waals surface area contributed by atoms with E-state index in [9.17, 15) is 13.6 Å². The molecule has 0 spiro atoms. The van der Waals surface area contributed by atoms with Crippen LogP contribution in [0.4, 0.5) is 8.78 Å². The second-order valence-corrected chi connectivity index (χ2v) is 3.68. The molecule has 2 N–H and O–H groups in total. The van der Waals surface area contributed by atoms with Gasteiger partial charge < -0.3 is 10.4 Å². The van der Waals surface area contributed by atoms with E-state index < -0.39 is 17.5 Å². The van der Waals surface area contributed by atoms with Crippen molar-refractivity contribution in [3.63, 3.8) is 0 Å². The normalized spacial score (nSPS) is 10.4. The summed E-state index contributed by atoms with van der Waals surface area (Å²) in [5.74, 6) is -2.24. The van der Waals surface area contributed by atoms with Gasteiger partial charge in [-0.1, -0.05) is 0 Å². The Labute approximate surface area is 102 Å². The molecule has 0 aliphatic rings. The number of hydrogen-bond donors (Lipinski definition) is 2. The summed E-state index contributed by atoms with van der Waals surface area (Å²) in [5, 5.41) is 10.8. The fourth-order valence-corrected chi connectivity index (χ4v) is 1.55. The summed E-state index contributed by atoms with van der Waals surface area (Å²) < 4.78 is 27.0. The first-order valence-electron chi connectivity index (χ1n) is 5.03. The molecular formula is C11H12ClF2NO2. The number of carbonyl (C=O) groups is 1. The standard InChI is InChI=1S/C11H12ClF2NO2/c12-4-3-7-9(13)2-1-8(10(7)14)11(17)15-5-6-16/h1-2,16H,3-6H2,(H,15,17). The molecule has 17 heavy (non-hydrogen) atoms. The molecule has 0 aliphatic heterocycles. The highest BCUT2D eigenvalue weighted by Gasteiger charge is 2.17. The van der Waals surface area contributed by atoms with Crippen molar-refractivity contribution in [2.75, 3.05) is 19.0 Å². The summed E-state index contributed by atoms with van der Waals surface area (Å²) in [7, 11) is 0. The van der Waals surface area contributed by atoms with Crippen molar-refractivity contribution in [2.45, 2.75) is 6.42 Å². The van der Waals surface area contributed by atoms with Gasteiger partial charge in [-0.15, -0.1) is 11.6 Å². The highest BCUT2D eigenvalue weighted by molar-refractivity contribution is 6.18. The van der Waals surface area contributed by atoms with E-state index in [-0.39, 0.29) is 36.6 Å². The van der Waals surface area contributed by atoms with Crippen molar-refractivity contribution < 1.29 is 18.7 Å². The molecule has 1 aromatic carbocycles. The Balaban J connectivity index is 3.01. The van der Waals surface area contributed by atoms with Gasteiger partial charge >= 0.3 is 0 Å². The number of alkyl halides is 1. The largest absolute Gasteiger partial charge is 0.395 e. The van der Waals surface area contributed by atoms with Gasteiger partial charge in [0, 0.05) is 18.0 Å². The Kier molecular flexibility index (Phi) is 5.31.